The van der Waals surface area contributed by atoms with Crippen molar-refractivity contribution in [2.45, 2.75) is 25.5 Å². The van der Waals surface area contributed by atoms with E-state index in [4.69, 9.17) is 0 Å². The molecule has 0 saturated carbocycles. The van der Waals surface area contributed by atoms with Gasteiger partial charge in [0.05, 0.1) is 18.1 Å². The number of halogens is 1. The summed E-state index contributed by atoms with van der Waals surface area (Å²) in [5, 5.41) is 4.16. The summed E-state index contributed by atoms with van der Waals surface area (Å²) in [6.45, 7) is 5.59. The first-order chi connectivity index (χ1) is 9.36. The van der Waals surface area contributed by atoms with Crippen molar-refractivity contribution in [3.8, 4) is 5.69 Å². The molecule has 0 aliphatic carbocycles. The Balaban J connectivity index is 2.13. The van der Waals surface area contributed by atoms with Crippen LogP contribution in [-0.4, -0.2) is 25.3 Å². The highest BCUT2D eigenvalue weighted by atomic mass is 32.2. The average molecular weight is 293 g/mol. The molecule has 0 unspecified atom stereocenters. The molecule has 1 heterocycles. The van der Waals surface area contributed by atoms with Gasteiger partial charge in [0.25, 0.3) is 0 Å². The zero-order valence-corrected chi connectivity index (χ0v) is 12.4. The third-order valence-corrected chi connectivity index (χ3v) is 3.86. The van der Waals surface area contributed by atoms with Gasteiger partial charge < -0.3 is 4.55 Å². The number of aromatic nitrogens is 2. The van der Waals surface area contributed by atoms with Crippen molar-refractivity contribution in [1.82, 2.24) is 9.78 Å². The standard InChI is InChI=1S/C14H16FN3OS/c1-14(2,3)20(19)17-9-11-8-16-18(10-11)13-6-4-12(15)5-7-13/h4-10H,1-3H3/b17-9+/t20-/m1/s1. The second kappa shape index (κ2) is 5.76. The molecular formula is C14H16FN3OS. The van der Waals surface area contributed by atoms with E-state index < -0.39 is 11.4 Å². The fourth-order valence-electron chi connectivity index (χ4n) is 1.41. The van der Waals surface area contributed by atoms with Crippen LogP contribution >= 0.6 is 0 Å². The predicted molar refractivity (Wildman–Crippen MR) is 79.0 cm³/mol. The number of benzene rings is 1. The molecule has 20 heavy (non-hydrogen) atoms. The van der Waals surface area contributed by atoms with Crippen LogP contribution in [0.25, 0.3) is 5.69 Å². The number of hydrogen-bond donors (Lipinski definition) is 0. The van der Waals surface area contributed by atoms with Crippen molar-refractivity contribution in [2.24, 2.45) is 4.40 Å². The molecule has 0 amide bonds. The first kappa shape index (κ1) is 14.7. The van der Waals surface area contributed by atoms with Gasteiger partial charge in [-0.05, 0) is 45.0 Å². The Morgan fingerprint density at radius 2 is 1.95 bits per heavy atom. The fourth-order valence-corrected chi connectivity index (χ4v) is 1.94. The van der Waals surface area contributed by atoms with Crippen LogP contribution in [0.1, 0.15) is 26.3 Å². The molecule has 2 aromatic rings. The maximum absolute atomic E-state index is 12.8. The van der Waals surface area contributed by atoms with E-state index in [1.807, 2.05) is 20.8 Å². The Hall–Kier alpha value is -1.66. The van der Waals surface area contributed by atoms with Crippen molar-refractivity contribution in [3.63, 3.8) is 0 Å². The van der Waals surface area contributed by atoms with Crippen LogP contribution in [0.4, 0.5) is 4.39 Å². The van der Waals surface area contributed by atoms with E-state index in [2.05, 4.69) is 9.50 Å². The average Bonchev–Trinajstić information content (AvgIpc) is 2.84. The molecule has 2 rings (SSSR count). The summed E-state index contributed by atoms with van der Waals surface area (Å²) >= 11 is -1.29. The molecule has 0 spiro atoms. The van der Waals surface area contributed by atoms with Gasteiger partial charge >= 0.3 is 0 Å². The lowest BCUT2D eigenvalue weighted by Crippen LogP contribution is -2.25. The van der Waals surface area contributed by atoms with E-state index >= 15 is 0 Å². The van der Waals surface area contributed by atoms with Gasteiger partial charge in [0.2, 0.25) is 0 Å². The highest BCUT2D eigenvalue weighted by Gasteiger charge is 2.25. The van der Waals surface area contributed by atoms with Crippen LogP contribution in [0.2, 0.25) is 0 Å². The first-order valence-corrected chi connectivity index (χ1v) is 7.23. The van der Waals surface area contributed by atoms with Crippen molar-refractivity contribution >= 4 is 17.6 Å². The summed E-state index contributed by atoms with van der Waals surface area (Å²) in [6.07, 6.45) is 4.90. The second-order valence-corrected chi connectivity index (χ2v) is 7.22. The van der Waals surface area contributed by atoms with Gasteiger partial charge in [0.15, 0.2) is 0 Å². The summed E-state index contributed by atoms with van der Waals surface area (Å²) in [7, 11) is 0. The Morgan fingerprint density at radius 3 is 2.55 bits per heavy atom. The Kier molecular flexibility index (Phi) is 4.25. The monoisotopic (exact) mass is 293 g/mol. The van der Waals surface area contributed by atoms with Gasteiger partial charge in [0.1, 0.15) is 21.9 Å². The van der Waals surface area contributed by atoms with E-state index in [1.165, 1.54) is 18.3 Å². The quantitative estimate of drug-likeness (QED) is 0.645. The van der Waals surface area contributed by atoms with Crippen molar-refractivity contribution in [2.75, 3.05) is 0 Å². The van der Waals surface area contributed by atoms with Crippen LogP contribution in [-0.2, 0) is 11.4 Å². The lowest BCUT2D eigenvalue weighted by molar-refractivity contribution is 0.562. The Bertz CT molecular complexity index is 602. The summed E-state index contributed by atoms with van der Waals surface area (Å²) in [5.74, 6) is -0.289. The molecule has 6 heteroatoms. The Labute approximate surface area is 120 Å². The molecule has 4 nitrogen and oxygen atoms in total. The van der Waals surface area contributed by atoms with Gasteiger partial charge in [-0.3, -0.25) is 0 Å². The predicted octanol–water partition coefficient (Wildman–Crippen LogP) is 2.89. The van der Waals surface area contributed by atoms with Crippen LogP contribution in [0.15, 0.2) is 41.1 Å². The molecule has 1 atom stereocenters. The maximum Gasteiger partial charge on any atom is 0.144 e. The minimum absolute atomic E-state index is 0.289. The Morgan fingerprint density at radius 1 is 1.30 bits per heavy atom. The summed E-state index contributed by atoms with van der Waals surface area (Å²) < 4.78 is 29.9. The molecule has 0 saturated heterocycles. The van der Waals surface area contributed by atoms with Gasteiger partial charge in [-0.25, -0.2) is 9.07 Å². The van der Waals surface area contributed by atoms with Gasteiger partial charge in [0, 0.05) is 11.8 Å². The zero-order chi connectivity index (χ0) is 14.8. The molecule has 0 fully saturated rings. The minimum Gasteiger partial charge on any atom is -0.591 e. The van der Waals surface area contributed by atoms with Gasteiger partial charge in [-0.2, -0.15) is 5.10 Å². The van der Waals surface area contributed by atoms with E-state index in [9.17, 15) is 8.94 Å². The van der Waals surface area contributed by atoms with E-state index in [0.717, 1.165) is 11.3 Å². The topological polar surface area (TPSA) is 53.2 Å². The molecule has 106 valence electrons. The van der Waals surface area contributed by atoms with Crippen molar-refractivity contribution in [1.29, 1.82) is 0 Å². The third-order valence-electron chi connectivity index (χ3n) is 2.52. The highest BCUT2D eigenvalue weighted by molar-refractivity contribution is 7.91. The fraction of sp³-hybridized carbons (Fsp3) is 0.286. The van der Waals surface area contributed by atoms with E-state index in [1.54, 1.807) is 29.2 Å². The largest absolute Gasteiger partial charge is 0.591 e. The van der Waals surface area contributed by atoms with Gasteiger partial charge in [-0.15, -0.1) is 0 Å². The minimum atomic E-state index is -1.29. The van der Waals surface area contributed by atoms with Crippen LogP contribution in [0, 0.1) is 5.82 Å². The molecule has 0 radical (unpaired) electrons. The lowest BCUT2D eigenvalue weighted by atomic mass is 10.3. The zero-order valence-electron chi connectivity index (χ0n) is 11.6. The molecular weight excluding hydrogens is 277 g/mol. The molecule has 1 aromatic heterocycles. The molecule has 0 aliphatic heterocycles. The highest BCUT2D eigenvalue weighted by Crippen LogP contribution is 2.17. The second-order valence-electron chi connectivity index (χ2n) is 5.29. The van der Waals surface area contributed by atoms with Gasteiger partial charge in [-0.1, -0.05) is 4.40 Å². The summed E-state index contributed by atoms with van der Waals surface area (Å²) in [6, 6.07) is 6.02. The van der Waals surface area contributed by atoms with Crippen molar-refractivity contribution in [3.05, 3.63) is 48.0 Å². The number of nitrogens with zero attached hydrogens (tertiary/aromatic N) is 3. The van der Waals surface area contributed by atoms with E-state index in [-0.39, 0.29) is 10.6 Å². The lowest BCUT2D eigenvalue weighted by Gasteiger charge is -2.17. The molecule has 0 bridgehead atoms. The maximum atomic E-state index is 12.8. The normalized spacial score (nSPS) is 13.8. The molecule has 0 aliphatic rings. The molecule has 0 N–H and O–H groups in total. The van der Waals surface area contributed by atoms with Crippen molar-refractivity contribution < 1.29 is 8.94 Å². The van der Waals surface area contributed by atoms with E-state index in [0.29, 0.717) is 0 Å². The SMILES string of the molecule is CC(C)(C)[S@@+]([O-])/N=C/c1cnn(-c2ccc(F)cc2)c1. The third kappa shape index (κ3) is 3.68. The summed E-state index contributed by atoms with van der Waals surface area (Å²) in [5.41, 5.74) is 1.50. The molecule has 1 aromatic carbocycles. The first-order valence-electron chi connectivity index (χ1n) is 6.13. The summed E-state index contributed by atoms with van der Waals surface area (Å²) in [4.78, 5) is 0. The van der Waals surface area contributed by atoms with Crippen LogP contribution < -0.4 is 0 Å². The number of rotatable bonds is 3. The van der Waals surface area contributed by atoms with Crippen LogP contribution in [0.3, 0.4) is 0 Å². The number of hydrogen-bond acceptors (Lipinski definition) is 3. The van der Waals surface area contributed by atoms with Crippen LogP contribution in [0.5, 0.6) is 0 Å². The smallest absolute Gasteiger partial charge is 0.144 e.